The van der Waals surface area contributed by atoms with E-state index in [1.165, 1.54) is 4.68 Å². The molecule has 0 bridgehead atoms. The first-order chi connectivity index (χ1) is 9.69. The van der Waals surface area contributed by atoms with Crippen LogP contribution in [0.15, 0.2) is 6.20 Å². The minimum atomic E-state index is -0.518. The van der Waals surface area contributed by atoms with E-state index in [-0.39, 0.29) is 18.4 Å². The minimum Gasteiger partial charge on any atom is -0.464 e. The van der Waals surface area contributed by atoms with Gasteiger partial charge in [0.15, 0.2) is 0 Å². The maximum absolute atomic E-state index is 11.8. The minimum absolute atomic E-state index is 0.0740. The second kappa shape index (κ2) is 7.02. The van der Waals surface area contributed by atoms with Gasteiger partial charge in [-0.2, -0.15) is 0 Å². The molecule has 20 heavy (non-hydrogen) atoms. The molecule has 0 radical (unpaired) electrons. The van der Waals surface area contributed by atoms with E-state index in [2.05, 4.69) is 22.6 Å². The smallest absolute Gasteiger partial charge is 0.328 e. The number of aryl methyl sites for hydroxylation is 1. The van der Waals surface area contributed by atoms with Crippen LogP contribution >= 0.6 is 0 Å². The number of carbonyl (C=O) groups excluding carboxylic acids is 2. The van der Waals surface area contributed by atoms with Crippen molar-refractivity contribution in [2.75, 3.05) is 6.61 Å². The van der Waals surface area contributed by atoms with E-state index in [9.17, 15) is 9.59 Å². The molecule has 1 aliphatic rings. The first-order valence-corrected chi connectivity index (χ1v) is 7.04. The summed E-state index contributed by atoms with van der Waals surface area (Å²) in [6.45, 7) is 2.59. The molecule has 1 atom stereocenters. The zero-order valence-corrected chi connectivity index (χ0v) is 11.7. The number of carbonyl (C=O) groups is 2. The Balaban J connectivity index is 1.77. The third-order valence-electron chi connectivity index (χ3n) is 3.20. The summed E-state index contributed by atoms with van der Waals surface area (Å²) in [4.78, 5) is 23.0. The van der Waals surface area contributed by atoms with Crippen molar-refractivity contribution in [1.29, 1.82) is 0 Å². The van der Waals surface area contributed by atoms with Gasteiger partial charge in [-0.3, -0.25) is 4.79 Å². The number of ether oxygens (including phenoxy) is 1. The third-order valence-corrected chi connectivity index (χ3v) is 3.20. The summed E-state index contributed by atoms with van der Waals surface area (Å²) < 4.78 is 6.28. The molecule has 110 valence electrons. The van der Waals surface area contributed by atoms with Crippen LogP contribution < -0.4 is 5.32 Å². The van der Waals surface area contributed by atoms with E-state index in [0.717, 1.165) is 31.4 Å². The highest BCUT2D eigenvalue weighted by atomic mass is 16.5. The molecule has 0 aromatic carbocycles. The summed E-state index contributed by atoms with van der Waals surface area (Å²) in [7, 11) is 0. The Bertz CT molecular complexity index is 472. The molecule has 0 aliphatic carbocycles. The highest BCUT2D eigenvalue weighted by molar-refractivity contribution is 5.85. The van der Waals surface area contributed by atoms with Crippen molar-refractivity contribution in [3.8, 4) is 0 Å². The number of amides is 1. The van der Waals surface area contributed by atoms with Crippen LogP contribution in [-0.4, -0.2) is 39.5 Å². The Kier molecular flexibility index (Phi) is 5.09. The lowest BCUT2D eigenvalue weighted by Crippen LogP contribution is -2.39. The molecule has 1 aromatic heterocycles. The van der Waals surface area contributed by atoms with Crippen LogP contribution in [0.4, 0.5) is 0 Å². The van der Waals surface area contributed by atoms with E-state index in [4.69, 9.17) is 4.74 Å². The third kappa shape index (κ3) is 4.04. The van der Waals surface area contributed by atoms with Crippen LogP contribution in [-0.2, 0) is 27.3 Å². The van der Waals surface area contributed by atoms with Crippen molar-refractivity contribution in [3.05, 3.63) is 11.9 Å². The second-order valence-electron chi connectivity index (χ2n) is 4.94. The fourth-order valence-electron chi connectivity index (χ4n) is 2.10. The predicted molar refractivity (Wildman–Crippen MR) is 70.8 cm³/mol. The number of esters is 1. The van der Waals surface area contributed by atoms with Gasteiger partial charge in [0.1, 0.15) is 12.6 Å². The standard InChI is InChI=1S/C13H20N4O3/c1-2-3-4-5-10-8-17(16-15-10)9-12(18)14-11-6-7-20-13(11)19/h8,11H,2-7,9H2,1H3,(H,14,18)/t11-/m0/s1. The summed E-state index contributed by atoms with van der Waals surface area (Å²) in [5, 5.41) is 10.6. The quantitative estimate of drug-likeness (QED) is 0.578. The largest absolute Gasteiger partial charge is 0.464 e. The van der Waals surface area contributed by atoms with Crippen LogP contribution in [0.3, 0.4) is 0 Å². The van der Waals surface area contributed by atoms with Gasteiger partial charge in [-0.05, 0) is 12.8 Å². The van der Waals surface area contributed by atoms with Gasteiger partial charge in [0.2, 0.25) is 5.91 Å². The maximum Gasteiger partial charge on any atom is 0.328 e. The molecule has 0 saturated carbocycles. The Morgan fingerprint density at radius 1 is 1.55 bits per heavy atom. The first-order valence-electron chi connectivity index (χ1n) is 7.04. The maximum atomic E-state index is 11.8. The average molecular weight is 280 g/mol. The number of aromatic nitrogens is 3. The van der Waals surface area contributed by atoms with Crippen molar-refractivity contribution < 1.29 is 14.3 Å². The number of unbranched alkanes of at least 4 members (excludes halogenated alkanes) is 2. The molecule has 2 rings (SSSR count). The first kappa shape index (κ1) is 14.5. The van der Waals surface area contributed by atoms with Gasteiger partial charge < -0.3 is 10.1 Å². The van der Waals surface area contributed by atoms with E-state index in [1.807, 2.05) is 0 Å². The monoisotopic (exact) mass is 280 g/mol. The fraction of sp³-hybridized carbons (Fsp3) is 0.692. The van der Waals surface area contributed by atoms with Crippen molar-refractivity contribution in [2.24, 2.45) is 0 Å². The molecule has 1 aliphatic heterocycles. The predicted octanol–water partition coefficient (Wildman–Crippen LogP) is 0.443. The summed E-state index contributed by atoms with van der Waals surface area (Å²) in [5.74, 6) is -0.615. The van der Waals surface area contributed by atoms with Gasteiger partial charge in [0.25, 0.3) is 0 Å². The van der Waals surface area contributed by atoms with Crippen LogP contribution in [0.1, 0.15) is 38.3 Å². The molecule has 1 fully saturated rings. The van der Waals surface area contributed by atoms with Crippen LogP contribution in [0.2, 0.25) is 0 Å². The van der Waals surface area contributed by atoms with Crippen molar-refractivity contribution in [1.82, 2.24) is 20.3 Å². The van der Waals surface area contributed by atoms with Gasteiger partial charge >= 0.3 is 5.97 Å². The van der Waals surface area contributed by atoms with Crippen molar-refractivity contribution in [3.63, 3.8) is 0 Å². The van der Waals surface area contributed by atoms with E-state index in [0.29, 0.717) is 13.0 Å². The zero-order valence-electron chi connectivity index (χ0n) is 11.7. The fourth-order valence-corrected chi connectivity index (χ4v) is 2.10. The lowest BCUT2D eigenvalue weighted by Gasteiger charge is -2.08. The Labute approximate surface area is 117 Å². The highest BCUT2D eigenvalue weighted by Gasteiger charge is 2.27. The van der Waals surface area contributed by atoms with Crippen LogP contribution in [0.25, 0.3) is 0 Å². The number of nitrogens with zero attached hydrogens (tertiary/aromatic N) is 3. The molecule has 2 heterocycles. The van der Waals surface area contributed by atoms with Crippen molar-refractivity contribution >= 4 is 11.9 Å². The molecule has 1 N–H and O–H groups in total. The summed E-state index contributed by atoms with van der Waals surface area (Å²) in [5.41, 5.74) is 0.895. The van der Waals surface area contributed by atoms with Gasteiger partial charge in [-0.25, -0.2) is 9.48 Å². The molecular formula is C13H20N4O3. The normalized spacial score (nSPS) is 18.1. The number of nitrogens with one attached hydrogen (secondary N) is 1. The molecule has 0 spiro atoms. The number of hydrogen-bond donors (Lipinski definition) is 1. The highest BCUT2D eigenvalue weighted by Crippen LogP contribution is 2.06. The number of cyclic esters (lactones) is 1. The molecule has 1 aromatic rings. The van der Waals surface area contributed by atoms with Gasteiger partial charge in [-0.15, -0.1) is 5.10 Å². The van der Waals surface area contributed by atoms with Gasteiger partial charge in [-0.1, -0.05) is 25.0 Å². The number of rotatable bonds is 7. The summed E-state index contributed by atoms with van der Waals surface area (Å²) in [6, 6.07) is -0.518. The molecule has 7 nitrogen and oxygen atoms in total. The Morgan fingerprint density at radius 3 is 3.10 bits per heavy atom. The van der Waals surface area contributed by atoms with E-state index < -0.39 is 6.04 Å². The van der Waals surface area contributed by atoms with Gasteiger partial charge in [0.05, 0.1) is 12.3 Å². The van der Waals surface area contributed by atoms with Crippen molar-refractivity contribution in [2.45, 2.75) is 51.6 Å². The van der Waals surface area contributed by atoms with Crippen LogP contribution in [0.5, 0.6) is 0 Å². The molecular weight excluding hydrogens is 260 g/mol. The topological polar surface area (TPSA) is 86.1 Å². The SMILES string of the molecule is CCCCCc1cn(CC(=O)N[C@H]2CCOC2=O)nn1. The van der Waals surface area contributed by atoms with Gasteiger partial charge in [0, 0.05) is 12.6 Å². The van der Waals surface area contributed by atoms with Crippen LogP contribution in [0, 0.1) is 0 Å². The number of hydrogen-bond acceptors (Lipinski definition) is 5. The summed E-state index contributed by atoms with van der Waals surface area (Å²) >= 11 is 0. The van der Waals surface area contributed by atoms with E-state index >= 15 is 0 Å². The summed E-state index contributed by atoms with van der Waals surface area (Å²) in [6.07, 6.45) is 6.59. The molecule has 0 unspecified atom stereocenters. The second-order valence-corrected chi connectivity index (χ2v) is 4.94. The molecule has 1 amide bonds. The Hall–Kier alpha value is -1.92. The molecule has 7 heteroatoms. The lowest BCUT2D eigenvalue weighted by molar-refractivity contribution is -0.141. The van der Waals surface area contributed by atoms with E-state index in [1.54, 1.807) is 6.20 Å². The Morgan fingerprint density at radius 2 is 2.40 bits per heavy atom. The average Bonchev–Trinajstić information content (AvgIpc) is 3.00. The lowest BCUT2D eigenvalue weighted by atomic mass is 10.2. The molecule has 1 saturated heterocycles. The zero-order chi connectivity index (χ0) is 14.4.